The summed E-state index contributed by atoms with van der Waals surface area (Å²) in [5, 5.41) is 8.64. The van der Waals surface area contributed by atoms with Crippen LogP contribution in [0.5, 0.6) is 0 Å². The van der Waals surface area contributed by atoms with E-state index in [0.717, 1.165) is 5.56 Å². The molecule has 0 unspecified atom stereocenters. The fourth-order valence-corrected chi connectivity index (χ4v) is 1.97. The maximum Gasteiger partial charge on any atom is 0.0669 e. The highest BCUT2D eigenvalue weighted by molar-refractivity contribution is 5.64. The lowest BCUT2D eigenvalue weighted by Gasteiger charge is -2.07. The van der Waals surface area contributed by atoms with E-state index in [4.69, 9.17) is 5.26 Å². The highest BCUT2D eigenvalue weighted by atomic mass is 14.2. The van der Waals surface area contributed by atoms with Gasteiger partial charge in [0.25, 0.3) is 0 Å². The maximum absolute atomic E-state index is 8.64. The largest absolute Gasteiger partial charge is 0.198 e. The Balaban J connectivity index is 2.23. The minimum absolute atomic E-state index is 0.479. The van der Waals surface area contributed by atoms with Crippen LogP contribution in [0, 0.1) is 11.3 Å². The molecule has 0 heterocycles. The summed E-state index contributed by atoms with van der Waals surface area (Å²) < 4.78 is 0. The zero-order valence-electron chi connectivity index (χ0n) is 10.9. The summed E-state index contributed by atoms with van der Waals surface area (Å²) in [7, 11) is 0. The summed E-state index contributed by atoms with van der Waals surface area (Å²) in [6.45, 7) is 4.40. The molecule has 2 rings (SSSR count). The second-order valence-electron chi connectivity index (χ2n) is 4.81. The smallest absolute Gasteiger partial charge is 0.0669 e. The van der Waals surface area contributed by atoms with Crippen molar-refractivity contribution in [3.05, 3.63) is 59.7 Å². The van der Waals surface area contributed by atoms with Gasteiger partial charge in [0.1, 0.15) is 0 Å². The summed E-state index contributed by atoms with van der Waals surface area (Å²) in [5.74, 6) is 0.567. The maximum atomic E-state index is 8.64. The second-order valence-corrected chi connectivity index (χ2v) is 4.81. The Bertz CT molecular complexity index is 542. The van der Waals surface area contributed by atoms with E-state index < -0.39 is 0 Å². The van der Waals surface area contributed by atoms with Crippen LogP contribution in [0.2, 0.25) is 0 Å². The zero-order valence-corrected chi connectivity index (χ0v) is 10.9. The van der Waals surface area contributed by atoms with E-state index in [1.807, 2.05) is 12.1 Å². The molecule has 0 aromatic heterocycles. The molecule has 2 aromatic rings. The Kier molecular flexibility index (Phi) is 3.79. The SMILES string of the molecule is CC(C)c1ccc(-c2ccc(CC#N)cc2)cc1. The van der Waals surface area contributed by atoms with Crippen LogP contribution in [0.25, 0.3) is 11.1 Å². The van der Waals surface area contributed by atoms with E-state index in [2.05, 4.69) is 56.3 Å². The van der Waals surface area contributed by atoms with Gasteiger partial charge in [0.05, 0.1) is 12.5 Å². The molecule has 1 nitrogen and oxygen atoms in total. The van der Waals surface area contributed by atoms with Crippen molar-refractivity contribution in [2.24, 2.45) is 0 Å². The quantitative estimate of drug-likeness (QED) is 0.766. The molecule has 0 N–H and O–H groups in total. The summed E-state index contributed by atoms with van der Waals surface area (Å²) in [5.41, 5.74) is 4.86. The number of nitrogens with zero attached hydrogens (tertiary/aromatic N) is 1. The van der Waals surface area contributed by atoms with E-state index >= 15 is 0 Å². The van der Waals surface area contributed by atoms with Crippen LogP contribution < -0.4 is 0 Å². The van der Waals surface area contributed by atoms with Crippen molar-refractivity contribution in [1.29, 1.82) is 5.26 Å². The zero-order chi connectivity index (χ0) is 13.0. The molecule has 0 amide bonds. The first-order valence-corrected chi connectivity index (χ1v) is 6.27. The molecule has 0 saturated heterocycles. The first-order chi connectivity index (χ1) is 8.70. The Morgan fingerprint density at radius 1 is 0.889 bits per heavy atom. The third-order valence-electron chi connectivity index (χ3n) is 3.15. The first kappa shape index (κ1) is 12.4. The van der Waals surface area contributed by atoms with Crippen molar-refractivity contribution in [3.8, 4) is 17.2 Å². The van der Waals surface area contributed by atoms with Crippen LogP contribution in [0.4, 0.5) is 0 Å². The highest BCUT2D eigenvalue weighted by Gasteiger charge is 2.01. The third-order valence-corrected chi connectivity index (χ3v) is 3.15. The van der Waals surface area contributed by atoms with Crippen LogP contribution in [-0.2, 0) is 6.42 Å². The van der Waals surface area contributed by atoms with Gasteiger partial charge in [-0.15, -0.1) is 0 Å². The van der Waals surface area contributed by atoms with E-state index in [1.165, 1.54) is 16.7 Å². The van der Waals surface area contributed by atoms with Crippen LogP contribution in [-0.4, -0.2) is 0 Å². The van der Waals surface area contributed by atoms with Crippen LogP contribution in [0.3, 0.4) is 0 Å². The first-order valence-electron chi connectivity index (χ1n) is 6.27. The molecule has 0 aliphatic rings. The van der Waals surface area contributed by atoms with Crippen LogP contribution in [0.15, 0.2) is 48.5 Å². The van der Waals surface area contributed by atoms with Crippen molar-refractivity contribution in [2.45, 2.75) is 26.2 Å². The average molecular weight is 235 g/mol. The van der Waals surface area contributed by atoms with E-state index in [0.29, 0.717) is 12.3 Å². The molecule has 0 fully saturated rings. The Morgan fingerprint density at radius 3 is 1.83 bits per heavy atom. The molecule has 18 heavy (non-hydrogen) atoms. The molecule has 0 saturated carbocycles. The van der Waals surface area contributed by atoms with Crippen molar-refractivity contribution in [3.63, 3.8) is 0 Å². The predicted molar refractivity (Wildman–Crippen MR) is 75.3 cm³/mol. The van der Waals surface area contributed by atoms with Crippen molar-refractivity contribution in [2.75, 3.05) is 0 Å². The molecule has 2 aromatic carbocycles. The van der Waals surface area contributed by atoms with Crippen LogP contribution in [0.1, 0.15) is 30.9 Å². The molecular formula is C17H17N. The lowest BCUT2D eigenvalue weighted by Crippen LogP contribution is -1.87. The molecule has 0 atom stereocenters. The van der Waals surface area contributed by atoms with E-state index in [1.54, 1.807) is 0 Å². The lowest BCUT2D eigenvalue weighted by atomic mass is 9.98. The van der Waals surface area contributed by atoms with Crippen molar-refractivity contribution < 1.29 is 0 Å². The van der Waals surface area contributed by atoms with E-state index in [9.17, 15) is 0 Å². The van der Waals surface area contributed by atoms with Gasteiger partial charge >= 0.3 is 0 Å². The topological polar surface area (TPSA) is 23.8 Å². The Morgan fingerprint density at radius 2 is 1.39 bits per heavy atom. The Hall–Kier alpha value is -2.07. The van der Waals surface area contributed by atoms with Gasteiger partial charge in [-0.25, -0.2) is 0 Å². The monoisotopic (exact) mass is 235 g/mol. The average Bonchev–Trinajstić information content (AvgIpc) is 2.40. The fourth-order valence-electron chi connectivity index (χ4n) is 1.97. The minimum atomic E-state index is 0.479. The van der Waals surface area contributed by atoms with Gasteiger partial charge in [-0.3, -0.25) is 0 Å². The normalized spacial score (nSPS) is 10.3. The Labute approximate surface area is 109 Å². The van der Waals surface area contributed by atoms with Gasteiger partial charge in [0.2, 0.25) is 0 Å². The lowest BCUT2D eigenvalue weighted by molar-refractivity contribution is 0.867. The van der Waals surface area contributed by atoms with Gasteiger partial charge < -0.3 is 0 Å². The summed E-state index contributed by atoms with van der Waals surface area (Å²) in [6, 6.07) is 19.1. The molecule has 1 heteroatoms. The number of hydrogen-bond acceptors (Lipinski definition) is 1. The second kappa shape index (κ2) is 5.51. The van der Waals surface area contributed by atoms with Crippen molar-refractivity contribution >= 4 is 0 Å². The van der Waals surface area contributed by atoms with Gasteiger partial charge in [0.15, 0.2) is 0 Å². The summed E-state index contributed by atoms with van der Waals surface area (Å²) in [4.78, 5) is 0. The number of benzene rings is 2. The van der Waals surface area contributed by atoms with Gasteiger partial charge in [-0.05, 0) is 28.2 Å². The van der Waals surface area contributed by atoms with Gasteiger partial charge in [0, 0.05) is 0 Å². The molecular weight excluding hydrogens is 218 g/mol. The molecule has 0 bridgehead atoms. The predicted octanol–water partition coefficient (Wildman–Crippen LogP) is 4.54. The highest BCUT2D eigenvalue weighted by Crippen LogP contribution is 2.23. The number of nitriles is 1. The van der Waals surface area contributed by atoms with Gasteiger partial charge in [-0.1, -0.05) is 62.4 Å². The van der Waals surface area contributed by atoms with Crippen molar-refractivity contribution in [1.82, 2.24) is 0 Å². The minimum Gasteiger partial charge on any atom is -0.198 e. The summed E-state index contributed by atoms with van der Waals surface area (Å²) >= 11 is 0. The van der Waals surface area contributed by atoms with Crippen LogP contribution >= 0.6 is 0 Å². The number of rotatable bonds is 3. The molecule has 90 valence electrons. The molecule has 0 radical (unpaired) electrons. The molecule has 0 spiro atoms. The van der Waals surface area contributed by atoms with E-state index in [-0.39, 0.29) is 0 Å². The summed E-state index contributed by atoms with van der Waals surface area (Å²) in [6.07, 6.45) is 0.479. The fraction of sp³-hybridized carbons (Fsp3) is 0.235. The third kappa shape index (κ3) is 2.78. The number of hydrogen-bond donors (Lipinski definition) is 0. The van der Waals surface area contributed by atoms with Gasteiger partial charge in [-0.2, -0.15) is 5.26 Å². The standard InChI is InChI=1S/C17H17N/c1-13(2)15-7-9-17(10-8-15)16-5-3-14(4-6-16)11-12-18/h3-10,13H,11H2,1-2H3. The molecule has 0 aliphatic carbocycles. The molecule has 0 aliphatic heterocycles.